The van der Waals surface area contributed by atoms with Gasteiger partial charge in [0.25, 0.3) is 5.91 Å². The van der Waals surface area contributed by atoms with Gasteiger partial charge in [-0.05, 0) is 37.8 Å². The molecule has 1 aliphatic heterocycles. The summed E-state index contributed by atoms with van der Waals surface area (Å²) in [5.41, 5.74) is 5.45. The first-order valence-corrected chi connectivity index (χ1v) is 11.3. The number of hydrogen-bond acceptors (Lipinski definition) is 2. The average molecular weight is 394 g/mol. The molecule has 2 heterocycles. The Labute approximate surface area is 175 Å². The maximum Gasteiger partial charge on any atom is 0.271 e. The highest BCUT2D eigenvalue weighted by molar-refractivity contribution is 6.00. The van der Waals surface area contributed by atoms with E-state index in [9.17, 15) is 4.79 Å². The Balaban J connectivity index is 1.50. The molecule has 2 aliphatic rings. The topological polar surface area (TPSA) is 28.5 Å². The molecule has 1 aromatic heterocycles. The lowest BCUT2D eigenvalue weighted by Gasteiger charge is -2.39. The quantitative estimate of drug-likeness (QED) is 0.702. The second-order valence-corrected chi connectivity index (χ2v) is 8.99. The molecule has 0 bridgehead atoms. The largest absolute Gasteiger partial charge is 0.346 e. The standard InChI is InChI=1S/C25H35N3O/c1-19-10-12-21(13-11-19)23-20(2)18-26(3)24(23)25(29)28-16-14-27(15-17-28)22-8-6-4-5-7-9-22/h10-13,18,22H,4-9,14-17H2,1-3H3. The first kappa shape index (κ1) is 20.2. The minimum absolute atomic E-state index is 0.177. The minimum Gasteiger partial charge on any atom is -0.346 e. The first-order chi connectivity index (χ1) is 14.0. The average Bonchev–Trinajstić information content (AvgIpc) is 2.90. The van der Waals surface area contributed by atoms with Crippen LogP contribution in [0.3, 0.4) is 0 Å². The molecule has 29 heavy (non-hydrogen) atoms. The number of benzene rings is 1. The van der Waals surface area contributed by atoms with E-state index in [1.807, 2.05) is 11.6 Å². The van der Waals surface area contributed by atoms with Crippen LogP contribution >= 0.6 is 0 Å². The fourth-order valence-electron chi connectivity index (χ4n) is 5.19. The lowest BCUT2D eigenvalue weighted by molar-refractivity contribution is 0.0544. The van der Waals surface area contributed by atoms with Gasteiger partial charge in [0.05, 0.1) is 0 Å². The van der Waals surface area contributed by atoms with Crippen molar-refractivity contribution in [1.82, 2.24) is 14.4 Å². The fraction of sp³-hybridized carbons (Fsp3) is 0.560. The Hall–Kier alpha value is -2.07. The Morgan fingerprint density at radius 2 is 1.52 bits per heavy atom. The molecule has 2 fully saturated rings. The van der Waals surface area contributed by atoms with Crippen LogP contribution < -0.4 is 0 Å². The molecule has 1 aliphatic carbocycles. The normalized spacial score (nSPS) is 19.3. The smallest absolute Gasteiger partial charge is 0.271 e. The van der Waals surface area contributed by atoms with Crippen molar-refractivity contribution in [2.24, 2.45) is 7.05 Å². The summed E-state index contributed by atoms with van der Waals surface area (Å²) in [5.74, 6) is 0.177. The summed E-state index contributed by atoms with van der Waals surface area (Å²) in [6, 6.07) is 9.26. The van der Waals surface area contributed by atoms with E-state index in [1.54, 1.807) is 0 Å². The predicted octanol–water partition coefficient (Wildman–Crippen LogP) is 4.79. The molecule has 0 atom stereocenters. The van der Waals surface area contributed by atoms with Crippen LogP contribution in [0, 0.1) is 13.8 Å². The third kappa shape index (κ3) is 4.28. The third-order valence-electron chi connectivity index (χ3n) is 6.86. The molecule has 156 valence electrons. The lowest BCUT2D eigenvalue weighted by Crippen LogP contribution is -2.52. The van der Waals surface area contributed by atoms with Gasteiger partial charge < -0.3 is 9.47 Å². The lowest BCUT2D eigenvalue weighted by atomic mass is 10.00. The second kappa shape index (κ2) is 8.74. The van der Waals surface area contributed by atoms with Crippen molar-refractivity contribution in [2.45, 2.75) is 58.4 Å². The molecule has 4 rings (SSSR count). The molecule has 4 nitrogen and oxygen atoms in total. The molecule has 0 unspecified atom stereocenters. The maximum absolute atomic E-state index is 13.5. The van der Waals surface area contributed by atoms with Gasteiger partial charge in [-0.15, -0.1) is 0 Å². The van der Waals surface area contributed by atoms with Crippen molar-refractivity contribution < 1.29 is 4.79 Å². The Morgan fingerprint density at radius 1 is 0.897 bits per heavy atom. The number of aromatic nitrogens is 1. The number of aryl methyl sites for hydroxylation is 3. The van der Waals surface area contributed by atoms with Crippen LogP contribution in [0.1, 0.15) is 60.1 Å². The molecule has 0 radical (unpaired) electrons. The molecule has 2 aromatic rings. The van der Waals surface area contributed by atoms with Crippen molar-refractivity contribution >= 4 is 5.91 Å². The van der Waals surface area contributed by atoms with Gasteiger partial charge in [0, 0.05) is 51.0 Å². The van der Waals surface area contributed by atoms with Gasteiger partial charge >= 0.3 is 0 Å². The molecule has 0 N–H and O–H groups in total. The van der Waals surface area contributed by atoms with Gasteiger partial charge in [0.15, 0.2) is 0 Å². The Kier molecular flexibility index (Phi) is 6.09. The summed E-state index contributed by atoms with van der Waals surface area (Å²) in [4.78, 5) is 18.2. The van der Waals surface area contributed by atoms with Crippen molar-refractivity contribution in [1.29, 1.82) is 0 Å². The number of carbonyl (C=O) groups excluding carboxylic acids is 1. The van der Waals surface area contributed by atoms with Crippen molar-refractivity contribution in [3.8, 4) is 11.1 Å². The number of piperazine rings is 1. The van der Waals surface area contributed by atoms with E-state index >= 15 is 0 Å². The predicted molar refractivity (Wildman–Crippen MR) is 119 cm³/mol. The van der Waals surface area contributed by atoms with Crippen LogP contribution in [0.5, 0.6) is 0 Å². The van der Waals surface area contributed by atoms with E-state index in [4.69, 9.17) is 0 Å². The molecular formula is C25H35N3O. The highest BCUT2D eigenvalue weighted by atomic mass is 16.2. The number of hydrogen-bond donors (Lipinski definition) is 0. The van der Waals surface area contributed by atoms with Gasteiger partial charge in [-0.2, -0.15) is 0 Å². The van der Waals surface area contributed by atoms with E-state index < -0.39 is 0 Å². The summed E-state index contributed by atoms with van der Waals surface area (Å²) >= 11 is 0. The number of rotatable bonds is 3. The van der Waals surface area contributed by atoms with E-state index in [0.29, 0.717) is 0 Å². The van der Waals surface area contributed by atoms with Crippen LogP contribution in [0.4, 0.5) is 0 Å². The van der Waals surface area contributed by atoms with Gasteiger partial charge in [0.1, 0.15) is 5.69 Å². The fourth-order valence-corrected chi connectivity index (χ4v) is 5.19. The van der Waals surface area contributed by atoms with Crippen LogP contribution in [-0.4, -0.2) is 52.5 Å². The van der Waals surface area contributed by atoms with Crippen molar-refractivity contribution in [3.63, 3.8) is 0 Å². The summed E-state index contributed by atoms with van der Waals surface area (Å²) in [7, 11) is 2.00. The molecule has 4 heteroatoms. The van der Waals surface area contributed by atoms with Gasteiger partial charge in [-0.25, -0.2) is 0 Å². The zero-order valence-electron chi connectivity index (χ0n) is 18.3. The van der Waals surface area contributed by atoms with Crippen LogP contribution in [0.25, 0.3) is 11.1 Å². The molecule has 1 amide bonds. The van der Waals surface area contributed by atoms with Crippen LogP contribution in [-0.2, 0) is 7.05 Å². The highest BCUT2D eigenvalue weighted by Crippen LogP contribution is 2.31. The monoisotopic (exact) mass is 393 g/mol. The summed E-state index contributed by atoms with van der Waals surface area (Å²) in [5, 5.41) is 0. The molecule has 0 spiro atoms. The SMILES string of the molecule is Cc1ccc(-c2c(C)cn(C)c2C(=O)N2CCN(C3CCCCCC3)CC2)cc1. The van der Waals surface area contributed by atoms with E-state index in [1.165, 1.54) is 44.1 Å². The third-order valence-corrected chi connectivity index (χ3v) is 6.86. The van der Waals surface area contributed by atoms with E-state index in [-0.39, 0.29) is 5.91 Å². The maximum atomic E-state index is 13.5. The number of amides is 1. The second-order valence-electron chi connectivity index (χ2n) is 8.99. The summed E-state index contributed by atoms with van der Waals surface area (Å²) in [6.45, 7) is 7.91. The summed E-state index contributed by atoms with van der Waals surface area (Å²) in [6.07, 6.45) is 10.3. The van der Waals surface area contributed by atoms with Crippen molar-refractivity contribution in [2.75, 3.05) is 26.2 Å². The van der Waals surface area contributed by atoms with Gasteiger partial charge in [-0.1, -0.05) is 55.5 Å². The highest BCUT2D eigenvalue weighted by Gasteiger charge is 2.30. The molecular weight excluding hydrogens is 358 g/mol. The molecule has 1 saturated carbocycles. The van der Waals surface area contributed by atoms with Crippen molar-refractivity contribution in [3.05, 3.63) is 47.3 Å². The van der Waals surface area contributed by atoms with Gasteiger partial charge in [-0.3, -0.25) is 9.69 Å². The Morgan fingerprint density at radius 3 is 2.14 bits per heavy atom. The Bertz CT molecular complexity index is 836. The summed E-state index contributed by atoms with van der Waals surface area (Å²) < 4.78 is 2.02. The van der Waals surface area contributed by atoms with E-state index in [0.717, 1.165) is 54.6 Å². The van der Waals surface area contributed by atoms with E-state index in [2.05, 4.69) is 54.1 Å². The molecule has 1 saturated heterocycles. The van der Waals surface area contributed by atoms with Crippen LogP contribution in [0.15, 0.2) is 30.5 Å². The number of carbonyl (C=O) groups is 1. The minimum atomic E-state index is 0.177. The van der Waals surface area contributed by atoms with Crippen LogP contribution in [0.2, 0.25) is 0 Å². The first-order valence-electron chi connectivity index (χ1n) is 11.3. The zero-order valence-corrected chi connectivity index (χ0v) is 18.3. The zero-order chi connectivity index (χ0) is 20.4. The van der Waals surface area contributed by atoms with Gasteiger partial charge in [0.2, 0.25) is 0 Å². The molecule has 1 aromatic carbocycles. The number of nitrogens with zero attached hydrogens (tertiary/aromatic N) is 3.